The third-order valence-corrected chi connectivity index (χ3v) is 3.00. The van der Waals surface area contributed by atoms with E-state index in [4.69, 9.17) is 11.6 Å². The fraction of sp³-hybridized carbons (Fsp3) is 0.333. The van der Waals surface area contributed by atoms with Crippen molar-refractivity contribution in [3.63, 3.8) is 0 Å². The van der Waals surface area contributed by atoms with Crippen LogP contribution in [0, 0.1) is 0 Å². The first kappa shape index (κ1) is 14.6. The monoisotopic (exact) mass is 291 g/mol. The Labute approximate surface area is 123 Å². The molecule has 0 saturated carbocycles. The van der Waals surface area contributed by atoms with Crippen molar-refractivity contribution in [3.05, 3.63) is 35.5 Å². The third-order valence-electron chi connectivity index (χ3n) is 2.67. The first-order chi connectivity index (χ1) is 9.37. The van der Waals surface area contributed by atoms with Crippen LogP contribution in [0.15, 0.2) is 30.5 Å². The average Bonchev–Trinajstić information content (AvgIpc) is 2.36. The molecule has 0 unspecified atom stereocenters. The fourth-order valence-corrected chi connectivity index (χ4v) is 2.13. The summed E-state index contributed by atoms with van der Waals surface area (Å²) in [4.78, 5) is 16.1. The summed E-state index contributed by atoms with van der Waals surface area (Å²) in [6.07, 6.45) is 1.71. The molecule has 2 aromatic rings. The maximum Gasteiger partial charge on any atom is 0.239 e. The Kier molecular flexibility index (Phi) is 4.14. The van der Waals surface area contributed by atoms with Gasteiger partial charge in [-0.1, -0.05) is 11.6 Å². The predicted octanol–water partition coefficient (Wildman–Crippen LogP) is 3.21. The number of hydrogen-bond donors (Lipinski definition) is 2. The number of benzene rings is 1. The summed E-state index contributed by atoms with van der Waals surface area (Å²) in [6.45, 7) is 6.04. The molecule has 0 bridgehead atoms. The van der Waals surface area contributed by atoms with Crippen molar-refractivity contribution in [1.29, 1.82) is 0 Å². The average molecular weight is 292 g/mol. The van der Waals surface area contributed by atoms with E-state index in [-0.39, 0.29) is 18.0 Å². The maximum absolute atomic E-state index is 11.8. The minimum atomic E-state index is -0.237. The standard InChI is InChI=1S/C15H18ClN3O/c1-15(2,3)19-13(20)9-18-12-7-6-11(16)10-5-4-8-17-14(10)12/h4-8,18H,9H2,1-3H3,(H,19,20). The molecule has 1 aromatic heterocycles. The maximum atomic E-state index is 11.8. The van der Waals surface area contributed by atoms with Crippen molar-refractivity contribution in [2.75, 3.05) is 11.9 Å². The van der Waals surface area contributed by atoms with Gasteiger partial charge in [0.15, 0.2) is 0 Å². The molecule has 2 rings (SSSR count). The van der Waals surface area contributed by atoms with E-state index in [0.29, 0.717) is 5.02 Å². The molecule has 0 saturated heterocycles. The molecule has 20 heavy (non-hydrogen) atoms. The SMILES string of the molecule is CC(C)(C)NC(=O)CNc1ccc(Cl)c2cccnc12. The van der Waals surface area contributed by atoms with Crippen LogP contribution in [0.3, 0.4) is 0 Å². The molecule has 1 heterocycles. The minimum absolute atomic E-state index is 0.0588. The van der Waals surface area contributed by atoms with Gasteiger partial charge >= 0.3 is 0 Å². The zero-order valence-electron chi connectivity index (χ0n) is 11.8. The normalized spacial score (nSPS) is 11.4. The summed E-state index contributed by atoms with van der Waals surface area (Å²) in [5, 5.41) is 7.53. The molecule has 0 aliphatic rings. The Balaban J connectivity index is 2.15. The number of amides is 1. The van der Waals surface area contributed by atoms with Gasteiger partial charge in [0.05, 0.1) is 22.8 Å². The summed E-state index contributed by atoms with van der Waals surface area (Å²) >= 11 is 6.13. The van der Waals surface area contributed by atoms with E-state index >= 15 is 0 Å². The first-order valence-electron chi connectivity index (χ1n) is 6.45. The number of carbonyl (C=O) groups excluding carboxylic acids is 1. The molecule has 5 heteroatoms. The van der Waals surface area contributed by atoms with E-state index in [1.54, 1.807) is 12.3 Å². The van der Waals surface area contributed by atoms with Crippen LogP contribution in [-0.2, 0) is 4.79 Å². The molecule has 1 aromatic carbocycles. The molecule has 0 aliphatic heterocycles. The van der Waals surface area contributed by atoms with Crippen molar-refractivity contribution in [1.82, 2.24) is 10.3 Å². The van der Waals surface area contributed by atoms with Crippen LogP contribution in [-0.4, -0.2) is 23.0 Å². The number of anilines is 1. The molecule has 4 nitrogen and oxygen atoms in total. The van der Waals surface area contributed by atoms with Gasteiger partial charge in [-0.25, -0.2) is 0 Å². The molecular formula is C15H18ClN3O. The number of nitrogens with one attached hydrogen (secondary N) is 2. The highest BCUT2D eigenvalue weighted by Crippen LogP contribution is 2.27. The summed E-state index contributed by atoms with van der Waals surface area (Å²) in [6, 6.07) is 7.38. The Hall–Kier alpha value is -1.81. The van der Waals surface area contributed by atoms with E-state index in [1.165, 1.54) is 0 Å². The molecule has 0 aliphatic carbocycles. The lowest BCUT2D eigenvalue weighted by molar-refractivity contribution is -0.120. The number of pyridine rings is 1. The van der Waals surface area contributed by atoms with Gasteiger partial charge in [-0.3, -0.25) is 9.78 Å². The molecule has 1 amide bonds. The van der Waals surface area contributed by atoms with Crippen molar-refractivity contribution in [3.8, 4) is 0 Å². The van der Waals surface area contributed by atoms with Crippen LogP contribution in [0.2, 0.25) is 5.02 Å². The molecule has 106 valence electrons. The molecule has 0 atom stereocenters. The molecule has 0 radical (unpaired) electrons. The summed E-state index contributed by atoms with van der Waals surface area (Å²) in [5.41, 5.74) is 1.33. The van der Waals surface area contributed by atoms with Crippen LogP contribution < -0.4 is 10.6 Å². The molecule has 0 fully saturated rings. The van der Waals surface area contributed by atoms with E-state index in [0.717, 1.165) is 16.6 Å². The van der Waals surface area contributed by atoms with Crippen LogP contribution in [0.1, 0.15) is 20.8 Å². The van der Waals surface area contributed by atoms with Crippen LogP contribution >= 0.6 is 11.6 Å². The van der Waals surface area contributed by atoms with E-state index in [9.17, 15) is 4.79 Å². The quantitative estimate of drug-likeness (QED) is 0.913. The fourth-order valence-electron chi connectivity index (χ4n) is 1.92. The summed E-state index contributed by atoms with van der Waals surface area (Å²) in [5.74, 6) is -0.0588. The van der Waals surface area contributed by atoms with Gasteiger partial charge in [-0.05, 0) is 45.0 Å². The topological polar surface area (TPSA) is 54.0 Å². The number of hydrogen-bond acceptors (Lipinski definition) is 3. The van der Waals surface area contributed by atoms with Gasteiger partial charge in [-0.15, -0.1) is 0 Å². The highest BCUT2D eigenvalue weighted by atomic mass is 35.5. The van der Waals surface area contributed by atoms with E-state index in [1.807, 2.05) is 39.0 Å². The number of rotatable bonds is 3. The van der Waals surface area contributed by atoms with Crippen LogP contribution in [0.4, 0.5) is 5.69 Å². The van der Waals surface area contributed by atoms with Gasteiger partial charge in [0.2, 0.25) is 5.91 Å². The molecule has 2 N–H and O–H groups in total. The second-order valence-electron chi connectivity index (χ2n) is 5.65. The van der Waals surface area contributed by atoms with Crippen molar-refractivity contribution >= 4 is 34.1 Å². The van der Waals surface area contributed by atoms with Gasteiger partial charge < -0.3 is 10.6 Å². The second-order valence-corrected chi connectivity index (χ2v) is 6.05. The van der Waals surface area contributed by atoms with Crippen molar-refractivity contribution in [2.24, 2.45) is 0 Å². The minimum Gasteiger partial charge on any atom is -0.374 e. The first-order valence-corrected chi connectivity index (χ1v) is 6.83. The lowest BCUT2D eigenvalue weighted by atomic mass is 10.1. The smallest absolute Gasteiger partial charge is 0.239 e. The largest absolute Gasteiger partial charge is 0.374 e. The number of nitrogens with zero attached hydrogens (tertiary/aromatic N) is 1. The van der Waals surface area contributed by atoms with Gasteiger partial charge in [0.1, 0.15) is 0 Å². The van der Waals surface area contributed by atoms with E-state index in [2.05, 4.69) is 15.6 Å². The second kappa shape index (κ2) is 5.67. The van der Waals surface area contributed by atoms with Crippen LogP contribution in [0.5, 0.6) is 0 Å². The van der Waals surface area contributed by atoms with Gasteiger partial charge in [0.25, 0.3) is 0 Å². The highest BCUT2D eigenvalue weighted by Gasteiger charge is 2.14. The Bertz CT molecular complexity index is 635. The van der Waals surface area contributed by atoms with Crippen molar-refractivity contribution < 1.29 is 4.79 Å². The zero-order valence-corrected chi connectivity index (χ0v) is 12.6. The lowest BCUT2D eigenvalue weighted by Crippen LogP contribution is -2.43. The lowest BCUT2D eigenvalue weighted by Gasteiger charge is -2.21. The van der Waals surface area contributed by atoms with Gasteiger partial charge in [0, 0.05) is 17.1 Å². The van der Waals surface area contributed by atoms with Crippen molar-refractivity contribution in [2.45, 2.75) is 26.3 Å². The number of fused-ring (bicyclic) bond motifs is 1. The van der Waals surface area contributed by atoms with Gasteiger partial charge in [-0.2, -0.15) is 0 Å². The molecular weight excluding hydrogens is 274 g/mol. The zero-order chi connectivity index (χ0) is 14.8. The number of halogens is 1. The number of aromatic nitrogens is 1. The van der Waals surface area contributed by atoms with E-state index < -0.39 is 0 Å². The Morgan fingerprint density at radius 1 is 1.30 bits per heavy atom. The summed E-state index contributed by atoms with van der Waals surface area (Å²) < 4.78 is 0. The van der Waals surface area contributed by atoms with Crippen LogP contribution in [0.25, 0.3) is 10.9 Å². The number of carbonyl (C=O) groups is 1. The highest BCUT2D eigenvalue weighted by molar-refractivity contribution is 6.35. The Morgan fingerprint density at radius 3 is 2.75 bits per heavy atom. The predicted molar refractivity (Wildman–Crippen MR) is 83.1 cm³/mol. The molecule has 0 spiro atoms. The third kappa shape index (κ3) is 3.61. The summed E-state index contributed by atoms with van der Waals surface area (Å²) in [7, 11) is 0. The Morgan fingerprint density at radius 2 is 2.05 bits per heavy atom.